The minimum absolute atomic E-state index is 0.515. The lowest BCUT2D eigenvalue weighted by Gasteiger charge is -2.10. The van der Waals surface area contributed by atoms with Crippen molar-refractivity contribution in [3.63, 3.8) is 0 Å². The average Bonchev–Trinajstić information content (AvgIpc) is 2.52. The van der Waals surface area contributed by atoms with Crippen LogP contribution in [0.4, 0.5) is 0 Å². The van der Waals surface area contributed by atoms with Crippen molar-refractivity contribution in [1.29, 1.82) is 0 Å². The molecular weight excluding hydrogens is 294 g/mol. The Balaban J connectivity index is 1.97. The van der Waals surface area contributed by atoms with Gasteiger partial charge in [0.05, 0.1) is 0 Å². The quantitative estimate of drug-likeness (QED) is 0.673. The van der Waals surface area contributed by atoms with Crippen LogP contribution in [0.5, 0.6) is 0 Å². The fourth-order valence-electron chi connectivity index (χ4n) is 2.42. The Labute approximate surface area is 135 Å². The fraction of sp³-hybridized carbons (Fsp3) is 0.167. The van der Waals surface area contributed by atoms with Gasteiger partial charge in [-0.3, -0.25) is 4.98 Å². The summed E-state index contributed by atoms with van der Waals surface area (Å²) in [5, 5.41) is 0.515. The molecular formula is C18H16ClN3. The standard InChI is InChI=1S/C18H16ClN3/c1-12-4-3-5-14(10-12)11-16-13(2)21-18(22-17(16)19)15-6-8-20-9-7-15/h3-10H,11H2,1-2H3. The predicted molar refractivity (Wildman–Crippen MR) is 89.0 cm³/mol. The van der Waals surface area contributed by atoms with Gasteiger partial charge in [-0.2, -0.15) is 0 Å². The number of benzene rings is 1. The summed E-state index contributed by atoms with van der Waals surface area (Å²) < 4.78 is 0. The number of aromatic nitrogens is 3. The lowest BCUT2D eigenvalue weighted by Crippen LogP contribution is -2.01. The van der Waals surface area contributed by atoms with E-state index in [0.29, 0.717) is 11.0 Å². The van der Waals surface area contributed by atoms with Gasteiger partial charge >= 0.3 is 0 Å². The number of halogens is 1. The monoisotopic (exact) mass is 309 g/mol. The summed E-state index contributed by atoms with van der Waals surface area (Å²) in [6.45, 7) is 4.06. The van der Waals surface area contributed by atoms with Crippen molar-refractivity contribution in [2.24, 2.45) is 0 Å². The van der Waals surface area contributed by atoms with Crippen LogP contribution in [0.3, 0.4) is 0 Å². The maximum Gasteiger partial charge on any atom is 0.161 e. The Kier molecular flexibility index (Phi) is 4.16. The number of nitrogens with zero attached hydrogens (tertiary/aromatic N) is 3. The van der Waals surface area contributed by atoms with Crippen LogP contribution in [0.15, 0.2) is 48.8 Å². The topological polar surface area (TPSA) is 38.7 Å². The number of aryl methyl sites for hydroxylation is 2. The third-order valence-corrected chi connectivity index (χ3v) is 3.88. The Morgan fingerprint density at radius 2 is 1.77 bits per heavy atom. The highest BCUT2D eigenvalue weighted by molar-refractivity contribution is 6.30. The largest absolute Gasteiger partial charge is 0.265 e. The third-order valence-electron chi connectivity index (χ3n) is 3.57. The molecule has 0 aliphatic carbocycles. The summed E-state index contributed by atoms with van der Waals surface area (Å²) in [7, 11) is 0. The van der Waals surface area contributed by atoms with Crippen LogP contribution in [0.1, 0.15) is 22.4 Å². The molecule has 0 bridgehead atoms. The number of hydrogen-bond acceptors (Lipinski definition) is 3. The van der Waals surface area contributed by atoms with Crippen LogP contribution in [-0.4, -0.2) is 15.0 Å². The molecule has 0 amide bonds. The summed E-state index contributed by atoms with van der Waals surface area (Å²) in [4.78, 5) is 13.1. The SMILES string of the molecule is Cc1cccc(Cc2c(C)nc(-c3ccncc3)nc2Cl)c1. The van der Waals surface area contributed by atoms with E-state index in [4.69, 9.17) is 11.6 Å². The second-order valence-electron chi connectivity index (χ2n) is 5.30. The molecule has 3 aromatic rings. The van der Waals surface area contributed by atoms with E-state index in [9.17, 15) is 0 Å². The summed E-state index contributed by atoms with van der Waals surface area (Å²) in [5.74, 6) is 0.637. The van der Waals surface area contributed by atoms with Crippen molar-refractivity contribution in [3.05, 3.63) is 76.3 Å². The lowest BCUT2D eigenvalue weighted by molar-refractivity contribution is 1.02. The first kappa shape index (κ1) is 14.7. The van der Waals surface area contributed by atoms with Crippen molar-refractivity contribution >= 4 is 11.6 Å². The molecule has 2 heterocycles. The number of rotatable bonds is 3. The lowest BCUT2D eigenvalue weighted by atomic mass is 10.0. The Bertz CT molecular complexity index is 777. The molecule has 22 heavy (non-hydrogen) atoms. The second-order valence-corrected chi connectivity index (χ2v) is 5.66. The molecule has 0 N–H and O–H groups in total. The van der Waals surface area contributed by atoms with Crippen molar-refractivity contribution in [2.75, 3.05) is 0 Å². The van der Waals surface area contributed by atoms with Crippen molar-refractivity contribution in [2.45, 2.75) is 20.3 Å². The molecule has 0 aliphatic rings. The Morgan fingerprint density at radius 1 is 1.00 bits per heavy atom. The Hall–Kier alpha value is -2.26. The van der Waals surface area contributed by atoms with Crippen LogP contribution < -0.4 is 0 Å². The first-order valence-corrected chi connectivity index (χ1v) is 7.50. The molecule has 0 spiro atoms. The normalized spacial score (nSPS) is 10.7. The highest BCUT2D eigenvalue weighted by atomic mass is 35.5. The third kappa shape index (κ3) is 3.15. The molecule has 2 aromatic heterocycles. The molecule has 0 radical (unpaired) electrons. The molecule has 0 saturated carbocycles. The van der Waals surface area contributed by atoms with E-state index in [1.165, 1.54) is 11.1 Å². The highest BCUT2D eigenvalue weighted by Crippen LogP contribution is 2.24. The first-order chi connectivity index (χ1) is 10.6. The molecule has 1 aromatic carbocycles. The summed E-state index contributed by atoms with van der Waals surface area (Å²) in [5.41, 5.74) is 5.26. The first-order valence-electron chi connectivity index (χ1n) is 7.12. The Morgan fingerprint density at radius 3 is 2.45 bits per heavy atom. The van der Waals surface area contributed by atoms with Crippen LogP contribution in [0.2, 0.25) is 5.15 Å². The van der Waals surface area contributed by atoms with Gasteiger partial charge in [0.1, 0.15) is 5.15 Å². The van der Waals surface area contributed by atoms with E-state index in [0.717, 1.165) is 23.2 Å². The van der Waals surface area contributed by atoms with E-state index in [1.54, 1.807) is 12.4 Å². The van der Waals surface area contributed by atoms with E-state index < -0.39 is 0 Å². The minimum atomic E-state index is 0.515. The predicted octanol–water partition coefficient (Wildman–Crippen LogP) is 4.40. The van der Waals surface area contributed by atoms with E-state index in [1.807, 2.05) is 19.1 Å². The van der Waals surface area contributed by atoms with Gasteiger partial charge in [-0.25, -0.2) is 9.97 Å². The van der Waals surface area contributed by atoms with Crippen LogP contribution in [0.25, 0.3) is 11.4 Å². The second kappa shape index (κ2) is 6.24. The molecule has 3 nitrogen and oxygen atoms in total. The fourth-order valence-corrected chi connectivity index (χ4v) is 2.70. The zero-order valence-electron chi connectivity index (χ0n) is 12.5. The summed E-state index contributed by atoms with van der Waals surface area (Å²) in [6, 6.07) is 12.2. The number of pyridine rings is 1. The molecule has 0 atom stereocenters. The van der Waals surface area contributed by atoms with Gasteiger partial charge in [0.2, 0.25) is 0 Å². The van der Waals surface area contributed by atoms with Gasteiger partial charge in [-0.1, -0.05) is 41.4 Å². The van der Waals surface area contributed by atoms with E-state index in [-0.39, 0.29) is 0 Å². The molecule has 4 heteroatoms. The summed E-state index contributed by atoms with van der Waals surface area (Å²) >= 11 is 6.41. The molecule has 0 unspecified atom stereocenters. The van der Waals surface area contributed by atoms with Crippen LogP contribution >= 0.6 is 11.6 Å². The van der Waals surface area contributed by atoms with Gasteiger partial charge in [0, 0.05) is 35.6 Å². The highest BCUT2D eigenvalue weighted by Gasteiger charge is 2.12. The minimum Gasteiger partial charge on any atom is -0.265 e. The maximum absolute atomic E-state index is 6.41. The zero-order chi connectivity index (χ0) is 15.5. The molecule has 3 rings (SSSR count). The van der Waals surface area contributed by atoms with Gasteiger partial charge in [0.25, 0.3) is 0 Å². The van der Waals surface area contributed by atoms with Gasteiger partial charge in [0.15, 0.2) is 5.82 Å². The molecule has 0 fully saturated rings. The van der Waals surface area contributed by atoms with Crippen molar-refractivity contribution in [1.82, 2.24) is 15.0 Å². The van der Waals surface area contributed by atoms with Crippen molar-refractivity contribution < 1.29 is 0 Å². The maximum atomic E-state index is 6.41. The van der Waals surface area contributed by atoms with Gasteiger partial charge in [-0.05, 0) is 31.5 Å². The molecule has 0 aliphatic heterocycles. The van der Waals surface area contributed by atoms with Crippen molar-refractivity contribution in [3.8, 4) is 11.4 Å². The van der Waals surface area contributed by atoms with E-state index >= 15 is 0 Å². The van der Waals surface area contributed by atoms with Gasteiger partial charge in [-0.15, -0.1) is 0 Å². The molecule has 0 saturated heterocycles. The number of hydrogen-bond donors (Lipinski definition) is 0. The molecule has 110 valence electrons. The smallest absolute Gasteiger partial charge is 0.161 e. The average molecular weight is 310 g/mol. The summed E-state index contributed by atoms with van der Waals surface area (Å²) in [6.07, 6.45) is 4.19. The van der Waals surface area contributed by atoms with Gasteiger partial charge < -0.3 is 0 Å². The zero-order valence-corrected chi connectivity index (χ0v) is 13.3. The van der Waals surface area contributed by atoms with Crippen LogP contribution in [0, 0.1) is 13.8 Å². The van der Waals surface area contributed by atoms with E-state index in [2.05, 4.69) is 46.1 Å². The van der Waals surface area contributed by atoms with Crippen LogP contribution in [-0.2, 0) is 6.42 Å².